The number of aryl methyl sites for hydroxylation is 1. The van der Waals surface area contributed by atoms with E-state index in [1.165, 1.54) is 11.6 Å². The SMILES string of the molecule is Cn1c(=O)n([C@@H](Cc2ccccc2)C(=O)NCC(=O)O)c(=O)c2ccccc21. The Kier molecular flexibility index (Phi) is 5.39. The first-order chi connectivity index (χ1) is 13.4. The summed E-state index contributed by atoms with van der Waals surface area (Å²) < 4.78 is 2.20. The van der Waals surface area contributed by atoms with E-state index in [2.05, 4.69) is 5.32 Å². The topological polar surface area (TPSA) is 110 Å². The van der Waals surface area contributed by atoms with Crippen molar-refractivity contribution in [1.29, 1.82) is 0 Å². The second-order valence-corrected chi connectivity index (χ2v) is 6.35. The normalized spacial score (nSPS) is 11.9. The Labute approximate surface area is 159 Å². The summed E-state index contributed by atoms with van der Waals surface area (Å²) in [5, 5.41) is 11.4. The molecule has 28 heavy (non-hydrogen) atoms. The van der Waals surface area contributed by atoms with Crippen LogP contribution in [0.15, 0.2) is 64.2 Å². The van der Waals surface area contributed by atoms with Gasteiger partial charge in [0.25, 0.3) is 5.56 Å². The number of carboxylic acid groups (broad SMARTS) is 1. The van der Waals surface area contributed by atoms with E-state index in [4.69, 9.17) is 5.11 Å². The number of fused-ring (bicyclic) bond motifs is 1. The third kappa shape index (κ3) is 3.71. The molecule has 0 aliphatic carbocycles. The number of benzene rings is 2. The number of carbonyl (C=O) groups is 2. The van der Waals surface area contributed by atoms with Gasteiger partial charge < -0.3 is 10.4 Å². The fourth-order valence-corrected chi connectivity index (χ4v) is 3.12. The van der Waals surface area contributed by atoms with E-state index in [1.807, 2.05) is 6.07 Å². The lowest BCUT2D eigenvalue weighted by molar-refractivity contribution is -0.138. The van der Waals surface area contributed by atoms with Crippen molar-refractivity contribution in [2.24, 2.45) is 7.05 Å². The zero-order valence-corrected chi connectivity index (χ0v) is 15.2. The zero-order chi connectivity index (χ0) is 20.3. The van der Waals surface area contributed by atoms with Crippen molar-refractivity contribution in [3.05, 3.63) is 81.0 Å². The quantitative estimate of drug-likeness (QED) is 0.653. The number of carboxylic acids is 1. The van der Waals surface area contributed by atoms with Crippen LogP contribution in [0, 0.1) is 0 Å². The number of nitrogens with one attached hydrogen (secondary N) is 1. The third-order valence-electron chi connectivity index (χ3n) is 4.51. The van der Waals surface area contributed by atoms with Gasteiger partial charge in [0.05, 0.1) is 10.9 Å². The number of aromatic nitrogens is 2. The summed E-state index contributed by atoms with van der Waals surface area (Å²) in [4.78, 5) is 49.5. The number of aliphatic carboxylic acids is 1. The van der Waals surface area contributed by atoms with E-state index in [0.29, 0.717) is 10.9 Å². The summed E-state index contributed by atoms with van der Waals surface area (Å²) in [7, 11) is 1.52. The molecule has 0 saturated carbocycles. The van der Waals surface area contributed by atoms with Gasteiger partial charge in [-0.1, -0.05) is 42.5 Å². The predicted molar refractivity (Wildman–Crippen MR) is 103 cm³/mol. The van der Waals surface area contributed by atoms with Crippen LogP contribution < -0.4 is 16.6 Å². The number of hydrogen-bond acceptors (Lipinski definition) is 4. The van der Waals surface area contributed by atoms with Crippen molar-refractivity contribution in [1.82, 2.24) is 14.5 Å². The minimum Gasteiger partial charge on any atom is -0.480 e. The van der Waals surface area contributed by atoms with Crippen LogP contribution in [-0.2, 0) is 23.1 Å². The molecule has 0 fully saturated rings. The highest BCUT2D eigenvalue weighted by atomic mass is 16.4. The highest BCUT2D eigenvalue weighted by molar-refractivity contribution is 5.85. The van der Waals surface area contributed by atoms with Gasteiger partial charge in [0.1, 0.15) is 12.6 Å². The molecule has 0 spiro atoms. The van der Waals surface area contributed by atoms with E-state index in [9.17, 15) is 19.2 Å². The largest absolute Gasteiger partial charge is 0.480 e. The molecule has 0 radical (unpaired) electrons. The summed E-state index contributed by atoms with van der Waals surface area (Å²) in [5.74, 6) is -1.92. The Hall–Kier alpha value is -3.68. The predicted octanol–water partition coefficient (Wildman–Crippen LogP) is 0.685. The molecule has 0 aliphatic rings. The smallest absolute Gasteiger partial charge is 0.331 e. The van der Waals surface area contributed by atoms with Gasteiger partial charge in [0.15, 0.2) is 0 Å². The van der Waals surface area contributed by atoms with Crippen molar-refractivity contribution in [3.63, 3.8) is 0 Å². The maximum absolute atomic E-state index is 13.0. The number of carbonyl (C=O) groups excluding carboxylic acids is 1. The summed E-state index contributed by atoms with van der Waals surface area (Å²) in [6, 6.07) is 14.4. The highest BCUT2D eigenvalue weighted by Crippen LogP contribution is 2.14. The summed E-state index contributed by atoms with van der Waals surface area (Å²) in [5.41, 5.74) is -0.0431. The Bertz CT molecular complexity index is 1150. The van der Waals surface area contributed by atoms with Crippen LogP contribution in [0.5, 0.6) is 0 Å². The molecular formula is C20H19N3O5. The first-order valence-electron chi connectivity index (χ1n) is 8.64. The van der Waals surface area contributed by atoms with Gasteiger partial charge in [-0.25, -0.2) is 9.36 Å². The average Bonchev–Trinajstić information content (AvgIpc) is 2.70. The van der Waals surface area contributed by atoms with Crippen LogP contribution in [0.25, 0.3) is 10.9 Å². The number of para-hydroxylation sites is 1. The van der Waals surface area contributed by atoms with Crippen molar-refractivity contribution in [2.45, 2.75) is 12.5 Å². The van der Waals surface area contributed by atoms with Crippen LogP contribution in [0.1, 0.15) is 11.6 Å². The molecule has 1 heterocycles. The highest BCUT2D eigenvalue weighted by Gasteiger charge is 2.26. The van der Waals surface area contributed by atoms with Crippen molar-refractivity contribution >= 4 is 22.8 Å². The standard InChI is InChI=1S/C20H19N3O5/c1-22-15-10-6-5-9-14(15)19(27)23(20(22)28)16(18(26)21-12-17(24)25)11-13-7-3-2-4-8-13/h2-10,16H,11-12H2,1H3,(H,21,26)(H,24,25)/t16-/m0/s1. The van der Waals surface area contributed by atoms with Crippen molar-refractivity contribution in [2.75, 3.05) is 6.54 Å². The lowest BCUT2D eigenvalue weighted by Gasteiger charge is -2.20. The molecule has 0 aliphatic heterocycles. The number of rotatable bonds is 6. The Morgan fingerprint density at radius 3 is 2.36 bits per heavy atom. The second kappa shape index (κ2) is 7.91. The van der Waals surface area contributed by atoms with E-state index in [-0.39, 0.29) is 6.42 Å². The number of nitrogens with zero attached hydrogens (tertiary/aromatic N) is 2. The maximum atomic E-state index is 13.0. The molecule has 0 saturated heterocycles. The summed E-state index contributed by atoms with van der Waals surface area (Å²) in [6.45, 7) is -0.604. The van der Waals surface area contributed by atoms with Crippen LogP contribution in [0.4, 0.5) is 0 Å². The van der Waals surface area contributed by atoms with Crippen LogP contribution in [-0.4, -0.2) is 32.7 Å². The Balaban J connectivity index is 2.17. The van der Waals surface area contributed by atoms with Crippen LogP contribution >= 0.6 is 0 Å². The molecule has 1 amide bonds. The van der Waals surface area contributed by atoms with E-state index in [1.54, 1.807) is 48.5 Å². The van der Waals surface area contributed by atoms with Gasteiger partial charge >= 0.3 is 11.7 Å². The molecule has 3 rings (SSSR count). The van der Waals surface area contributed by atoms with Crippen molar-refractivity contribution in [3.8, 4) is 0 Å². The molecule has 1 aromatic heterocycles. The maximum Gasteiger partial charge on any atom is 0.331 e. The summed E-state index contributed by atoms with van der Waals surface area (Å²) >= 11 is 0. The molecule has 2 N–H and O–H groups in total. The van der Waals surface area contributed by atoms with Crippen molar-refractivity contribution < 1.29 is 14.7 Å². The Morgan fingerprint density at radius 2 is 1.68 bits per heavy atom. The first-order valence-corrected chi connectivity index (χ1v) is 8.64. The van der Waals surface area contributed by atoms with E-state index in [0.717, 1.165) is 10.1 Å². The minimum atomic E-state index is -1.22. The molecule has 8 nitrogen and oxygen atoms in total. The first kappa shape index (κ1) is 19.1. The average molecular weight is 381 g/mol. The Morgan fingerprint density at radius 1 is 1.04 bits per heavy atom. The number of amides is 1. The third-order valence-corrected chi connectivity index (χ3v) is 4.51. The minimum absolute atomic E-state index is 0.0692. The van der Waals surface area contributed by atoms with Gasteiger partial charge in [-0.05, 0) is 17.7 Å². The van der Waals surface area contributed by atoms with Gasteiger partial charge in [0, 0.05) is 13.5 Å². The van der Waals surface area contributed by atoms with Gasteiger partial charge in [-0.3, -0.25) is 19.0 Å². The molecule has 2 aromatic carbocycles. The molecular weight excluding hydrogens is 362 g/mol. The monoisotopic (exact) mass is 381 g/mol. The fourth-order valence-electron chi connectivity index (χ4n) is 3.12. The summed E-state index contributed by atoms with van der Waals surface area (Å²) in [6.07, 6.45) is 0.0692. The lowest BCUT2D eigenvalue weighted by Crippen LogP contribution is -2.48. The molecule has 8 heteroatoms. The lowest BCUT2D eigenvalue weighted by atomic mass is 10.0. The van der Waals surface area contributed by atoms with Gasteiger partial charge in [-0.15, -0.1) is 0 Å². The number of hydrogen-bond donors (Lipinski definition) is 2. The fraction of sp³-hybridized carbons (Fsp3) is 0.200. The van der Waals surface area contributed by atoms with Crippen LogP contribution in [0.3, 0.4) is 0 Å². The molecule has 3 aromatic rings. The van der Waals surface area contributed by atoms with Crippen LogP contribution in [0.2, 0.25) is 0 Å². The van der Waals surface area contributed by atoms with E-state index >= 15 is 0 Å². The molecule has 0 bridgehead atoms. The molecule has 144 valence electrons. The molecule has 0 unspecified atom stereocenters. The molecule has 1 atom stereocenters. The zero-order valence-electron chi connectivity index (χ0n) is 15.2. The van der Waals surface area contributed by atoms with Gasteiger partial charge in [-0.2, -0.15) is 0 Å². The second-order valence-electron chi connectivity index (χ2n) is 6.35. The van der Waals surface area contributed by atoms with Gasteiger partial charge in [0.2, 0.25) is 5.91 Å². The van der Waals surface area contributed by atoms with E-state index < -0.39 is 35.7 Å².